The summed E-state index contributed by atoms with van der Waals surface area (Å²) >= 11 is 0.745. The molecule has 8 heteroatoms. The first-order valence-electron chi connectivity index (χ1n) is 11.5. The van der Waals surface area contributed by atoms with E-state index in [9.17, 15) is 14.4 Å². The molecular weight excluding hydrogens is 442 g/mol. The van der Waals surface area contributed by atoms with Crippen molar-refractivity contribution in [1.82, 2.24) is 5.06 Å². The van der Waals surface area contributed by atoms with Gasteiger partial charge in [0.1, 0.15) is 5.25 Å². The van der Waals surface area contributed by atoms with Gasteiger partial charge in [0.2, 0.25) is 0 Å². The van der Waals surface area contributed by atoms with Gasteiger partial charge >= 0.3 is 5.97 Å². The zero-order valence-electron chi connectivity index (χ0n) is 19.5. The van der Waals surface area contributed by atoms with Crippen LogP contribution in [0.15, 0.2) is 24.3 Å². The fourth-order valence-electron chi connectivity index (χ4n) is 3.25. The summed E-state index contributed by atoms with van der Waals surface area (Å²) in [5.41, 5.74) is 1.89. The summed E-state index contributed by atoms with van der Waals surface area (Å²) in [5.74, 6) is -1.39. The lowest BCUT2D eigenvalue weighted by atomic mass is 10.0. The molecule has 1 aromatic carbocycles. The van der Waals surface area contributed by atoms with Crippen LogP contribution in [0, 0.1) is 0 Å². The third kappa shape index (κ3) is 13.4. The molecule has 2 amide bonds. The molecule has 0 spiro atoms. The smallest absolute Gasteiger partial charge is 0.330 e. The summed E-state index contributed by atoms with van der Waals surface area (Å²) in [6.45, 7) is 3.76. The molecule has 33 heavy (non-hydrogen) atoms. The van der Waals surface area contributed by atoms with Gasteiger partial charge in [-0.25, -0.2) is 9.68 Å². The third-order valence-corrected chi connectivity index (χ3v) is 6.14. The van der Waals surface area contributed by atoms with Crippen molar-refractivity contribution >= 4 is 30.3 Å². The van der Waals surface area contributed by atoms with Crippen LogP contribution in [0.3, 0.4) is 0 Å². The highest BCUT2D eigenvalue weighted by Crippen LogP contribution is 2.19. The zero-order chi connectivity index (χ0) is 23.6. The maximum Gasteiger partial charge on any atom is 0.337 e. The molecule has 1 aliphatic carbocycles. The Balaban J connectivity index is 0.000000956. The van der Waals surface area contributed by atoms with Gasteiger partial charge in [-0.1, -0.05) is 96.9 Å². The second-order valence-corrected chi connectivity index (χ2v) is 8.53. The lowest BCUT2D eigenvalue weighted by Crippen LogP contribution is -2.38. The Morgan fingerprint density at radius 3 is 1.85 bits per heavy atom. The molecule has 1 atom stereocenters. The number of carbonyl (C=O) groups is 3. The van der Waals surface area contributed by atoms with Gasteiger partial charge in [0.05, 0.1) is 13.5 Å². The Morgan fingerprint density at radius 2 is 1.45 bits per heavy atom. The molecule has 7 nitrogen and oxygen atoms in total. The van der Waals surface area contributed by atoms with Gasteiger partial charge < -0.3 is 4.84 Å². The minimum absolute atomic E-state index is 0. The highest BCUT2D eigenvalue weighted by Gasteiger charge is 2.28. The summed E-state index contributed by atoms with van der Waals surface area (Å²) < 4.78 is 4.64. The van der Waals surface area contributed by atoms with E-state index in [-0.39, 0.29) is 20.3 Å². The van der Waals surface area contributed by atoms with E-state index < -0.39 is 17.1 Å². The Bertz CT molecular complexity index is 643. The van der Waals surface area contributed by atoms with Crippen LogP contribution in [-0.4, -0.2) is 35.7 Å². The van der Waals surface area contributed by atoms with E-state index in [2.05, 4.69) is 9.22 Å². The number of aryl methyl sites for hydroxylation is 1. The fourth-order valence-corrected chi connectivity index (χ4v) is 3.74. The van der Waals surface area contributed by atoms with Crippen molar-refractivity contribution in [2.24, 2.45) is 0 Å². The van der Waals surface area contributed by atoms with E-state index in [1.54, 1.807) is 6.92 Å². The number of benzene rings is 1. The van der Waals surface area contributed by atoms with Crippen LogP contribution in [0.25, 0.3) is 0 Å². The predicted molar refractivity (Wildman–Crippen MR) is 132 cm³/mol. The highest BCUT2D eigenvalue weighted by molar-refractivity contribution is 7.95. The minimum atomic E-state index is -0.730. The van der Waals surface area contributed by atoms with Crippen LogP contribution in [-0.2, 0) is 41.3 Å². The van der Waals surface area contributed by atoms with Crippen molar-refractivity contribution in [3.63, 3.8) is 0 Å². The fraction of sp³-hybridized carbons (Fsp3) is 0.640. The summed E-state index contributed by atoms with van der Waals surface area (Å²) in [6.07, 6.45) is 13.4. The largest absolute Gasteiger partial charge is 0.337 e. The van der Waals surface area contributed by atoms with Gasteiger partial charge in [0, 0.05) is 12.0 Å². The van der Waals surface area contributed by atoms with Gasteiger partial charge in [0.15, 0.2) is 0 Å². The van der Waals surface area contributed by atoms with E-state index in [1.165, 1.54) is 58.5 Å². The normalized spacial score (nSPS) is 14.3. The summed E-state index contributed by atoms with van der Waals surface area (Å²) in [6, 6.07) is 7.45. The molecule has 2 rings (SSSR count). The van der Waals surface area contributed by atoms with Gasteiger partial charge in [-0.15, -0.1) is 5.06 Å². The highest BCUT2D eigenvalue weighted by atomic mass is 32.2. The van der Waals surface area contributed by atoms with E-state index in [0.29, 0.717) is 11.5 Å². The lowest BCUT2D eigenvalue weighted by molar-refractivity contribution is -0.196. The average Bonchev–Trinajstić information content (AvgIpc) is 2.78. The van der Waals surface area contributed by atoms with Crippen molar-refractivity contribution in [3.05, 3.63) is 35.4 Å². The van der Waals surface area contributed by atoms with Crippen LogP contribution < -0.4 is 0 Å². The molecule has 1 saturated carbocycles. The Hall–Kier alpha value is -1.90. The van der Waals surface area contributed by atoms with Gasteiger partial charge in [-0.3, -0.25) is 9.59 Å². The Labute approximate surface area is 203 Å². The van der Waals surface area contributed by atoms with Crippen molar-refractivity contribution in [2.45, 2.75) is 97.2 Å². The molecule has 0 N–H and O–H groups in total. The van der Waals surface area contributed by atoms with Crippen LogP contribution >= 0.6 is 12.0 Å². The molecule has 1 fully saturated rings. The lowest BCUT2D eigenvalue weighted by Gasteiger charge is -2.18. The van der Waals surface area contributed by atoms with Crippen molar-refractivity contribution < 1.29 is 28.4 Å². The molecule has 1 unspecified atom stereocenters. The predicted octanol–water partition coefficient (Wildman–Crippen LogP) is 6.00. The minimum Gasteiger partial charge on any atom is -0.330 e. The summed E-state index contributed by atoms with van der Waals surface area (Å²) in [4.78, 5) is 44.4. The van der Waals surface area contributed by atoms with E-state index >= 15 is 0 Å². The Kier molecular flexibility index (Phi) is 18.4. The monoisotopic (exact) mass is 483 g/mol. The van der Waals surface area contributed by atoms with Crippen molar-refractivity contribution in [3.8, 4) is 0 Å². The molecule has 0 saturated heterocycles. The first kappa shape index (κ1) is 31.1. The molecule has 1 aromatic rings. The molecule has 1 aliphatic rings. The van der Waals surface area contributed by atoms with Crippen molar-refractivity contribution in [1.29, 1.82) is 0 Å². The van der Waals surface area contributed by atoms with Gasteiger partial charge in [0.25, 0.3) is 12.3 Å². The van der Waals surface area contributed by atoms with Crippen LogP contribution in [0.5, 0.6) is 0 Å². The first-order valence-corrected chi connectivity index (χ1v) is 12.3. The molecule has 188 valence electrons. The van der Waals surface area contributed by atoms with Crippen LogP contribution in [0.2, 0.25) is 0 Å². The van der Waals surface area contributed by atoms with E-state index in [0.717, 1.165) is 29.6 Å². The average molecular weight is 484 g/mol. The summed E-state index contributed by atoms with van der Waals surface area (Å²) in [5, 5.41) is -0.338. The number of carbonyl (C=O) groups excluding carboxylic acids is 3. The Morgan fingerprint density at radius 1 is 0.970 bits per heavy atom. The van der Waals surface area contributed by atoms with Gasteiger partial charge in [-0.2, -0.15) is 4.33 Å². The molecular formula is C25H41NO6S. The molecule has 0 bridgehead atoms. The number of hydrogen-bond donors (Lipinski definition) is 0. The third-order valence-electron chi connectivity index (χ3n) is 5.16. The maximum atomic E-state index is 12.1. The topological polar surface area (TPSA) is 82.1 Å². The first-order chi connectivity index (χ1) is 15.5. The van der Waals surface area contributed by atoms with Crippen LogP contribution in [0.4, 0.5) is 0 Å². The molecule has 0 radical (unpaired) electrons. The standard InChI is InChI=1S/C16H21NO6S.C8H16.CH4/c1-4-12-6-8-13(9-7-12)10-15(19)22-17(11-18)16(20)14(5-2)24-23-21-3;1-2-4-6-8-7-5-3-1;/h6-9,11,14H,4-5,10H2,1-3H3;1-8H2;1H4. The number of nitrogens with zero attached hydrogens (tertiary/aromatic N) is 1. The molecule has 0 aromatic heterocycles. The molecule has 0 heterocycles. The molecule has 0 aliphatic heterocycles. The second-order valence-electron chi connectivity index (χ2n) is 7.64. The van der Waals surface area contributed by atoms with E-state index in [4.69, 9.17) is 4.84 Å². The number of imide groups is 1. The van der Waals surface area contributed by atoms with E-state index in [1.807, 2.05) is 31.2 Å². The van der Waals surface area contributed by atoms with Gasteiger partial charge in [-0.05, 0) is 24.0 Å². The second kappa shape index (κ2) is 19.6. The quantitative estimate of drug-likeness (QED) is 0.184. The maximum absolute atomic E-state index is 12.1. The number of rotatable bonds is 9. The van der Waals surface area contributed by atoms with Crippen LogP contribution in [0.1, 0.15) is 90.2 Å². The number of amides is 2. The SMILES string of the molecule is C.C1CCCCCCC1.CCc1ccc(CC(=O)ON(C=O)C(=O)C(CC)SOOC)cc1. The zero-order valence-corrected chi connectivity index (χ0v) is 20.4. The summed E-state index contributed by atoms with van der Waals surface area (Å²) in [7, 11) is 1.30. The number of hydrogen-bond acceptors (Lipinski definition) is 7. The number of hydroxylamine groups is 2. The van der Waals surface area contributed by atoms with Crippen molar-refractivity contribution in [2.75, 3.05) is 7.11 Å².